The molecule has 152 valence electrons. The number of carbonyl (C=O) groups is 1. The molecule has 2 heterocycles. The summed E-state index contributed by atoms with van der Waals surface area (Å²) in [5, 5.41) is 16.6. The van der Waals surface area contributed by atoms with Crippen molar-refractivity contribution >= 4 is 5.91 Å². The Kier molecular flexibility index (Phi) is 5.84. The fourth-order valence-electron chi connectivity index (χ4n) is 3.10. The lowest BCUT2D eigenvalue weighted by molar-refractivity contribution is 0.0922. The lowest BCUT2D eigenvalue weighted by Crippen LogP contribution is -2.35. The number of amides is 1. The number of hydrogen-bond donors (Lipinski definition) is 2. The second-order valence-corrected chi connectivity index (χ2v) is 8.38. The van der Waals surface area contributed by atoms with Gasteiger partial charge in [-0.05, 0) is 70.5 Å². The number of rotatable bonds is 5. The van der Waals surface area contributed by atoms with E-state index >= 15 is 0 Å². The summed E-state index contributed by atoms with van der Waals surface area (Å²) < 4.78 is 1.95. The van der Waals surface area contributed by atoms with Gasteiger partial charge in [0, 0.05) is 35.1 Å². The lowest BCUT2D eigenvalue weighted by Gasteiger charge is -2.23. The van der Waals surface area contributed by atoms with Crippen LogP contribution in [-0.4, -0.2) is 38.4 Å². The number of benzene rings is 1. The molecule has 0 fully saturated rings. The Morgan fingerprint density at radius 3 is 2.52 bits per heavy atom. The van der Waals surface area contributed by atoms with Crippen molar-refractivity contribution in [3.63, 3.8) is 0 Å². The fourth-order valence-corrected chi connectivity index (χ4v) is 3.10. The Bertz CT molecular complexity index is 1000. The molecular weight excluding hydrogens is 364 g/mol. The largest absolute Gasteiger partial charge is 0.394 e. The molecule has 0 aliphatic rings. The third-order valence-electron chi connectivity index (χ3n) is 4.63. The Hall–Kier alpha value is -2.99. The van der Waals surface area contributed by atoms with Crippen LogP contribution < -0.4 is 5.32 Å². The molecular formula is C23H28N4O2. The summed E-state index contributed by atoms with van der Waals surface area (Å²) in [6.07, 6.45) is 3.58. The maximum absolute atomic E-state index is 12.8. The molecule has 3 rings (SSSR count). The van der Waals surface area contributed by atoms with Gasteiger partial charge in [-0.2, -0.15) is 5.10 Å². The number of aryl methyl sites for hydroxylation is 1. The highest BCUT2D eigenvalue weighted by atomic mass is 16.3. The van der Waals surface area contributed by atoms with Gasteiger partial charge in [0.2, 0.25) is 0 Å². The normalized spacial score (nSPS) is 12.6. The van der Waals surface area contributed by atoms with Gasteiger partial charge in [0.25, 0.3) is 5.91 Å². The van der Waals surface area contributed by atoms with E-state index < -0.39 is 0 Å². The van der Waals surface area contributed by atoms with Crippen molar-refractivity contribution in [2.45, 2.75) is 46.2 Å². The zero-order chi connectivity index (χ0) is 21.2. The molecule has 1 aromatic carbocycles. The number of pyridine rings is 1. The number of nitrogens with zero attached hydrogens (tertiary/aromatic N) is 3. The van der Waals surface area contributed by atoms with Gasteiger partial charge in [0.1, 0.15) is 0 Å². The molecule has 1 amide bonds. The highest BCUT2D eigenvalue weighted by Gasteiger charge is 2.20. The molecule has 0 unspecified atom stereocenters. The third-order valence-corrected chi connectivity index (χ3v) is 4.63. The van der Waals surface area contributed by atoms with Gasteiger partial charge in [-0.3, -0.25) is 14.5 Å². The first-order valence-corrected chi connectivity index (χ1v) is 9.74. The summed E-state index contributed by atoms with van der Waals surface area (Å²) in [6, 6.07) is 11.3. The Morgan fingerprint density at radius 2 is 1.90 bits per heavy atom. The Balaban J connectivity index is 2.14. The quantitative estimate of drug-likeness (QED) is 0.692. The van der Waals surface area contributed by atoms with E-state index in [4.69, 9.17) is 0 Å². The predicted molar refractivity (Wildman–Crippen MR) is 115 cm³/mol. The Labute approximate surface area is 171 Å². The predicted octanol–water partition coefficient (Wildman–Crippen LogP) is 3.79. The molecule has 0 saturated carbocycles. The molecule has 1 atom stereocenters. The smallest absolute Gasteiger partial charge is 0.251 e. The minimum absolute atomic E-state index is 0.116. The number of aliphatic hydroxyl groups is 1. The van der Waals surface area contributed by atoms with Crippen molar-refractivity contribution in [2.75, 3.05) is 6.61 Å². The van der Waals surface area contributed by atoms with E-state index in [1.807, 2.05) is 54.2 Å². The van der Waals surface area contributed by atoms with E-state index in [9.17, 15) is 9.90 Å². The van der Waals surface area contributed by atoms with Gasteiger partial charge in [0.05, 0.1) is 23.5 Å². The zero-order valence-electron chi connectivity index (χ0n) is 17.6. The first kappa shape index (κ1) is 20.7. The molecule has 3 aromatic rings. The van der Waals surface area contributed by atoms with Crippen LogP contribution in [0.25, 0.3) is 22.5 Å². The molecule has 6 nitrogen and oxygen atoms in total. The van der Waals surface area contributed by atoms with Crippen LogP contribution in [0.2, 0.25) is 0 Å². The standard InChI is InChI=1S/C23H28N4O2/c1-15-6-7-20(24-13-15)17-10-18(21-8-9-25-27(21)23(3,4)5)12-19(11-17)22(29)26-16(2)14-28/h6-13,16,28H,14H2,1-5H3,(H,26,29)/t16-/m0/s1. The molecule has 6 heteroatoms. The molecule has 29 heavy (non-hydrogen) atoms. The van der Waals surface area contributed by atoms with Crippen molar-refractivity contribution in [1.29, 1.82) is 0 Å². The summed E-state index contributed by atoms with van der Waals surface area (Å²) in [7, 11) is 0. The van der Waals surface area contributed by atoms with Crippen LogP contribution >= 0.6 is 0 Å². The van der Waals surface area contributed by atoms with Crippen LogP contribution in [0.3, 0.4) is 0 Å². The van der Waals surface area contributed by atoms with Crippen LogP contribution in [0.1, 0.15) is 43.6 Å². The highest BCUT2D eigenvalue weighted by Crippen LogP contribution is 2.30. The van der Waals surface area contributed by atoms with Crippen molar-refractivity contribution in [3.8, 4) is 22.5 Å². The van der Waals surface area contributed by atoms with E-state index in [-0.39, 0.29) is 24.1 Å². The van der Waals surface area contributed by atoms with E-state index in [1.165, 1.54) is 0 Å². The number of aromatic nitrogens is 3. The van der Waals surface area contributed by atoms with Gasteiger partial charge < -0.3 is 10.4 Å². The molecule has 0 spiro atoms. The maximum atomic E-state index is 12.8. The molecule has 2 aromatic heterocycles. The summed E-state index contributed by atoms with van der Waals surface area (Å²) >= 11 is 0. The monoisotopic (exact) mass is 392 g/mol. The fraction of sp³-hybridized carbons (Fsp3) is 0.348. The van der Waals surface area contributed by atoms with Crippen LogP contribution in [0.5, 0.6) is 0 Å². The van der Waals surface area contributed by atoms with Gasteiger partial charge in [-0.15, -0.1) is 0 Å². The molecule has 0 saturated heterocycles. The van der Waals surface area contributed by atoms with Crippen LogP contribution in [0, 0.1) is 6.92 Å². The number of nitrogens with one attached hydrogen (secondary N) is 1. The number of hydrogen-bond acceptors (Lipinski definition) is 4. The number of aliphatic hydroxyl groups excluding tert-OH is 1. The molecule has 0 radical (unpaired) electrons. The van der Waals surface area contributed by atoms with Gasteiger partial charge in [0.15, 0.2) is 0 Å². The van der Waals surface area contributed by atoms with Crippen LogP contribution in [-0.2, 0) is 5.54 Å². The first-order chi connectivity index (χ1) is 13.7. The van der Waals surface area contributed by atoms with Crippen molar-refractivity contribution in [1.82, 2.24) is 20.1 Å². The average molecular weight is 393 g/mol. The third kappa shape index (κ3) is 4.71. The molecule has 0 aliphatic carbocycles. The minimum Gasteiger partial charge on any atom is -0.394 e. The van der Waals surface area contributed by atoms with Crippen LogP contribution in [0.4, 0.5) is 0 Å². The SMILES string of the molecule is Cc1ccc(-c2cc(C(=O)N[C@@H](C)CO)cc(-c3ccnn3C(C)(C)C)c2)nc1. The lowest BCUT2D eigenvalue weighted by atomic mass is 9.99. The van der Waals surface area contributed by atoms with E-state index in [2.05, 4.69) is 36.2 Å². The molecule has 2 N–H and O–H groups in total. The van der Waals surface area contributed by atoms with Gasteiger partial charge >= 0.3 is 0 Å². The average Bonchev–Trinajstić information content (AvgIpc) is 3.18. The number of carbonyl (C=O) groups excluding carboxylic acids is 1. The van der Waals surface area contributed by atoms with E-state index in [0.29, 0.717) is 5.56 Å². The molecule has 0 bridgehead atoms. The van der Waals surface area contributed by atoms with E-state index in [0.717, 1.165) is 28.1 Å². The second kappa shape index (κ2) is 8.17. The zero-order valence-corrected chi connectivity index (χ0v) is 17.6. The summed E-state index contributed by atoms with van der Waals surface area (Å²) in [5.41, 5.74) is 4.85. The van der Waals surface area contributed by atoms with Gasteiger partial charge in [-0.25, -0.2) is 0 Å². The topological polar surface area (TPSA) is 80.0 Å². The highest BCUT2D eigenvalue weighted by molar-refractivity contribution is 5.97. The van der Waals surface area contributed by atoms with E-state index in [1.54, 1.807) is 13.1 Å². The summed E-state index contributed by atoms with van der Waals surface area (Å²) in [6.45, 7) is 9.90. The van der Waals surface area contributed by atoms with Crippen molar-refractivity contribution < 1.29 is 9.90 Å². The molecule has 0 aliphatic heterocycles. The minimum atomic E-state index is -0.327. The first-order valence-electron chi connectivity index (χ1n) is 9.74. The second-order valence-electron chi connectivity index (χ2n) is 8.38. The Morgan fingerprint density at radius 1 is 1.17 bits per heavy atom. The summed E-state index contributed by atoms with van der Waals surface area (Å²) in [5.74, 6) is -0.233. The summed E-state index contributed by atoms with van der Waals surface area (Å²) in [4.78, 5) is 17.3. The van der Waals surface area contributed by atoms with Crippen LogP contribution in [0.15, 0.2) is 48.8 Å². The van der Waals surface area contributed by atoms with Gasteiger partial charge in [-0.1, -0.05) is 6.07 Å². The van der Waals surface area contributed by atoms with Crippen molar-refractivity contribution in [2.24, 2.45) is 0 Å². The maximum Gasteiger partial charge on any atom is 0.251 e. The van der Waals surface area contributed by atoms with Crippen molar-refractivity contribution in [3.05, 3.63) is 59.9 Å².